The molecule has 1 aliphatic heterocycles. The number of hydrogen-bond acceptors (Lipinski definition) is 5. The normalized spacial score (nSPS) is 18.0. The van der Waals surface area contributed by atoms with E-state index >= 15 is 0 Å². The van der Waals surface area contributed by atoms with Crippen LogP contribution in [0.3, 0.4) is 0 Å². The predicted octanol–water partition coefficient (Wildman–Crippen LogP) is 7.44. The second kappa shape index (κ2) is 12.9. The molecule has 1 fully saturated rings. The summed E-state index contributed by atoms with van der Waals surface area (Å²) in [5.41, 5.74) is 5.37. The first-order valence-corrected chi connectivity index (χ1v) is 16.2. The Morgan fingerprint density at radius 1 is 0.889 bits per heavy atom. The molecule has 0 aliphatic carbocycles. The molecule has 5 rings (SSSR count). The summed E-state index contributed by atoms with van der Waals surface area (Å²) in [5, 5.41) is 9.66. The molecule has 1 aromatic heterocycles. The predicted molar refractivity (Wildman–Crippen MR) is 178 cm³/mol. The minimum absolute atomic E-state index is 0.00887. The maximum Gasteiger partial charge on any atom is 0.260 e. The highest BCUT2D eigenvalue weighted by molar-refractivity contribution is 5.79. The van der Waals surface area contributed by atoms with Crippen LogP contribution in [0.5, 0.6) is 5.75 Å². The van der Waals surface area contributed by atoms with Crippen LogP contribution in [0.25, 0.3) is 16.7 Å². The fourth-order valence-corrected chi connectivity index (χ4v) is 5.98. The first-order valence-electron chi connectivity index (χ1n) is 16.2. The molecule has 2 heterocycles. The van der Waals surface area contributed by atoms with E-state index in [0.717, 1.165) is 53.8 Å². The van der Waals surface area contributed by atoms with Gasteiger partial charge in [0, 0.05) is 37.3 Å². The lowest BCUT2D eigenvalue weighted by atomic mass is 9.76. The van der Waals surface area contributed by atoms with Crippen molar-refractivity contribution in [3.05, 3.63) is 83.2 Å². The van der Waals surface area contributed by atoms with E-state index in [1.54, 1.807) is 4.80 Å². The summed E-state index contributed by atoms with van der Waals surface area (Å²) in [6.45, 7) is 19.5. The quantitative estimate of drug-likeness (QED) is 0.186. The second-order valence-electron chi connectivity index (χ2n) is 13.9. The zero-order valence-corrected chi connectivity index (χ0v) is 28.1. The molecule has 0 N–H and O–H groups in total. The lowest BCUT2D eigenvalue weighted by Crippen LogP contribution is -2.58. The standard InChI is InChI=1S/C37H48FN5O2/c1-9-36(5,6)28-19-30(37(7,8)10-2)35(33(20-28)43-39-31-13-11-12-14-32(31)40-43)45-24-34(44)42-22-25(3)41(21-26(42)4)23-27-15-17-29(38)18-16-27/h11-20,25-26H,9-10,21-24H2,1-8H3/t25-,26+/m1/s1. The zero-order chi connectivity index (χ0) is 32.5. The maximum atomic E-state index is 13.8. The number of amides is 1. The molecule has 8 heteroatoms. The van der Waals surface area contributed by atoms with Gasteiger partial charge in [0.25, 0.3) is 5.91 Å². The number of benzene rings is 3. The van der Waals surface area contributed by atoms with Crippen LogP contribution in [0.1, 0.15) is 84.9 Å². The van der Waals surface area contributed by atoms with E-state index in [2.05, 4.69) is 72.4 Å². The van der Waals surface area contributed by atoms with Crippen molar-refractivity contribution < 1.29 is 13.9 Å². The van der Waals surface area contributed by atoms with Gasteiger partial charge in [-0.1, -0.05) is 71.9 Å². The molecule has 1 amide bonds. The average molecular weight is 614 g/mol. The van der Waals surface area contributed by atoms with Crippen molar-refractivity contribution in [1.82, 2.24) is 24.8 Å². The Morgan fingerprint density at radius 3 is 2.11 bits per heavy atom. The van der Waals surface area contributed by atoms with Gasteiger partial charge in [-0.05, 0) is 79.0 Å². The fourth-order valence-electron chi connectivity index (χ4n) is 5.98. The molecule has 0 unspecified atom stereocenters. The van der Waals surface area contributed by atoms with Gasteiger partial charge in [0.2, 0.25) is 0 Å². The summed E-state index contributed by atoms with van der Waals surface area (Å²) >= 11 is 0. The van der Waals surface area contributed by atoms with Crippen LogP contribution in [-0.2, 0) is 22.2 Å². The van der Waals surface area contributed by atoms with Gasteiger partial charge in [0.1, 0.15) is 22.5 Å². The topological polar surface area (TPSA) is 63.5 Å². The Morgan fingerprint density at radius 2 is 1.51 bits per heavy atom. The van der Waals surface area contributed by atoms with Crippen LogP contribution in [0.4, 0.5) is 4.39 Å². The van der Waals surface area contributed by atoms with Crippen molar-refractivity contribution >= 4 is 16.9 Å². The number of carbonyl (C=O) groups is 1. The summed E-state index contributed by atoms with van der Waals surface area (Å²) in [4.78, 5) is 19.8. The van der Waals surface area contributed by atoms with E-state index in [9.17, 15) is 9.18 Å². The zero-order valence-electron chi connectivity index (χ0n) is 28.1. The van der Waals surface area contributed by atoms with Gasteiger partial charge in [-0.2, -0.15) is 0 Å². The van der Waals surface area contributed by atoms with E-state index in [4.69, 9.17) is 14.9 Å². The number of piperazine rings is 1. The molecule has 0 saturated carbocycles. The molecule has 0 spiro atoms. The minimum atomic E-state index is -0.232. The number of ether oxygens (including phenoxy) is 1. The molecule has 0 radical (unpaired) electrons. The van der Waals surface area contributed by atoms with Crippen molar-refractivity contribution in [2.45, 2.75) is 97.7 Å². The van der Waals surface area contributed by atoms with Gasteiger partial charge in [0.15, 0.2) is 12.4 Å². The SMILES string of the molecule is CCC(C)(C)c1cc(-n2nc3ccccc3n2)c(OCC(=O)N2C[C@@H](C)N(Cc3ccc(F)cc3)C[C@@H]2C)c(C(C)(C)CC)c1. The van der Waals surface area contributed by atoms with Gasteiger partial charge in [-0.3, -0.25) is 9.69 Å². The third-order valence-electron chi connectivity index (χ3n) is 9.92. The maximum absolute atomic E-state index is 13.8. The first kappa shape index (κ1) is 32.6. The average Bonchev–Trinajstić information content (AvgIpc) is 3.46. The third kappa shape index (κ3) is 6.91. The molecule has 45 heavy (non-hydrogen) atoms. The van der Waals surface area contributed by atoms with Gasteiger partial charge in [-0.15, -0.1) is 15.0 Å². The second-order valence-corrected chi connectivity index (χ2v) is 13.9. The smallest absolute Gasteiger partial charge is 0.260 e. The van der Waals surface area contributed by atoms with Crippen LogP contribution in [0, 0.1) is 5.82 Å². The molecule has 7 nitrogen and oxygen atoms in total. The Bertz CT molecular complexity index is 1610. The van der Waals surface area contributed by atoms with E-state index in [1.165, 1.54) is 17.7 Å². The monoisotopic (exact) mass is 613 g/mol. The van der Waals surface area contributed by atoms with Gasteiger partial charge >= 0.3 is 0 Å². The Hall–Kier alpha value is -3.78. The largest absolute Gasteiger partial charge is 0.481 e. The number of rotatable bonds is 10. The molecule has 4 aromatic rings. The highest BCUT2D eigenvalue weighted by atomic mass is 19.1. The van der Waals surface area contributed by atoms with Crippen molar-refractivity contribution in [1.29, 1.82) is 0 Å². The van der Waals surface area contributed by atoms with E-state index in [1.807, 2.05) is 41.3 Å². The lowest BCUT2D eigenvalue weighted by molar-refractivity contribution is -0.139. The molecular weight excluding hydrogens is 565 g/mol. The molecule has 1 saturated heterocycles. The Labute approximate surface area is 267 Å². The minimum Gasteiger partial charge on any atom is -0.481 e. The summed E-state index contributed by atoms with van der Waals surface area (Å²) in [6.07, 6.45) is 1.86. The number of fused-ring (bicyclic) bond motifs is 1. The van der Waals surface area contributed by atoms with Crippen LogP contribution in [-0.4, -0.2) is 62.5 Å². The van der Waals surface area contributed by atoms with Crippen molar-refractivity contribution in [3.63, 3.8) is 0 Å². The molecule has 1 aliphatic rings. The Kier molecular flexibility index (Phi) is 9.36. The number of carbonyl (C=O) groups excluding carboxylic acids is 1. The highest BCUT2D eigenvalue weighted by Gasteiger charge is 2.34. The van der Waals surface area contributed by atoms with Gasteiger partial charge < -0.3 is 9.64 Å². The molecule has 240 valence electrons. The summed E-state index contributed by atoms with van der Waals surface area (Å²) in [6, 6.07) is 19.0. The van der Waals surface area contributed by atoms with Crippen molar-refractivity contribution in [3.8, 4) is 11.4 Å². The van der Waals surface area contributed by atoms with Gasteiger partial charge in [-0.25, -0.2) is 4.39 Å². The lowest BCUT2D eigenvalue weighted by Gasteiger charge is -2.44. The van der Waals surface area contributed by atoms with Crippen LogP contribution in [0.15, 0.2) is 60.7 Å². The Balaban J connectivity index is 1.45. The highest BCUT2D eigenvalue weighted by Crippen LogP contribution is 2.42. The molecular formula is C37H48FN5O2. The number of halogens is 1. The van der Waals surface area contributed by atoms with Crippen molar-refractivity contribution in [2.75, 3.05) is 19.7 Å². The summed E-state index contributed by atoms with van der Waals surface area (Å²) in [5.74, 6) is 0.380. The first-order chi connectivity index (χ1) is 21.3. The van der Waals surface area contributed by atoms with Crippen LogP contribution >= 0.6 is 0 Å². The molecule has 3 aromatic carbocycles. The fraction of sp³-hybridized carbons (Fsp3) is 0.486. The van der Waals surface area contributed by atoms with Crippen LogP contribution < -0.4 is 4.74 Å². The number of aromatic nitrogens is 3. The molecule has 2 atom stereocenters. The van der Waals surface area contributed by atoms with Crippen molar-refractivity contribution in [2.24, 2.45) is 0 Å². The van der Waals surface area contributed by atoms with Crippen LogP contribution in [0.2, 0.25) is 0 Å². The summed E-state index contributed by atoms with van der Waals surface area (Å²) in [7, 11) is 0. The van der Waals surface area contributed by atoms with E-state index in [0.29, 0.717) is 12.3 Å². The van der Waals surface area contributed by atoms with E-state index < -0.39 is 0 Å². The van der Waals surface area contributed by atoms with E-state index in [-0.39, 0.29) is 41.2 Å². The third-order valence-corrected chi connectivity index (χ3v) is 9.92. The number of nitrogens with zero attached hydrogens (tertiary/aromatic N) is 5. The van der Waals surface area contributed by atoms with Gasteiger partial charge in [0.05, 0.1) is 0 Å². The summed E-state index contributed by atoms with van der Waals surface area (Å²) < 4.78 is 20.0. The molecule has 0 bridgehead atoms. The number of hydrogen-bond donors (Lipinski definition) is 0.